The van der Waals surface area contributed by atoms with Crippen molar-refractivity contribution in [1.29, 1.82) is 5.26 Å². The van der Waals surface area contributed by atoms with Crippen molar-refractivity contribution < 1.29 is 19.0 Å². The summed E-state index contributed by atoms with van der Waals surface area (Å²) in [5.74, 6) is -0.603. The van der Waals surface area contributed by atoms with E-state index in [2.05, 4.69) is 28.6 Å². The highest BCUT2D eigenvalue weighted by Crippen LogP contribution is 2.45. The molecule has 1 aliphatic heterocycles. The molecule has 6 heteroatoms. The number of halogens is 1. The number of ether oxygens (including phenoxy) is 3. The molecule has 0 saturated heterocycles. The van der Waals surface area contributed by atoms with Gasteiger partial charge in [0.25, 0.3) is 0 Å². The zero-order chi connectivity index (χ0) is 18.7. The Balaban J connectivity index is 2.11. The number of esters is 1. The van der Waals surface area contributed by atoms with Gasteiger partial charge in [-0.3, -0.25) is 0 Å². The highest BCUT2D eigenvalue weighted by Gasteiger charge is 2.33. The molecule has 26 heavy (non-hydrogen) atoms. The number of benzene rings is 2. The van der Waals surface area contributed by atoms with Crippen molar-refractivity contribution in [2.45, 2.75) is 11.8 Å². The Bertz CT molecular complexity index is 889. The fourth-order valence-electron chi connectivity index (χ4n) is 3.01. The van der Waals surface area contributed by atoms with E-state index < -0.39 is 17.8 Å². The van der Waals surface area contributed by atoms with Crippen LogP contribution in [0, 0.1) is 11.3 Å². The summed E-state index contributed by atoms with van der Waals surface area (Å²) >= 11 is 3.50. The molecule has 0 radical (unpaired) electrons. The van der Waals surface area contributed by atoms with Crippen molar-refractivity contribution in [1.82, 2.24) is 0 Å². The van der Waals surface area contributed by atoms with E-state index in [1.54, 1.807) is 12.1 Å². The molecule has 0 bridgehead atoms. The Labute approximate surface area is 159 Å². The largest absolute Gasteiger partial charge is 0.466 e. The first-order valence-electron chi connectivity index (χ1n) is 7.87. The second-order valence-electron chi connectivity index (χ2n) is 5.74. The van der Waals surface area contributed by atoms with Crippen molar-refractivity contribution in [3.63, 3.8) is 0 Å². The van der Waals surface area contributed by atoms with Gasteiger partial charge < -0.3 is 14.2 Å². The first-order valence-corrected chi connectivity index (χ1v) is 8.66. The molecule has 0 fully saturated rings. The zero-order valence-corrected chi connectivity index (χ0v) is 15.7. The molecule has 132 valence electrons. The van der Waals surface area contributed by atoms with E-state index in [1.165, 1.54) is 7.11 Å². The van der Waals surface area contributed by atoms with Gasteiger partial charge in [-0.15, -0.1) is 0 Å². The van der Waals surface area contributed by atoms with Crippen LogP contribution in [0.5, 0.6) is 11.5 Å². The van der Waals surface area contributed by atoms with Crippen LogP contribution < -0.4 is 9.47 Å². The van der Waals surface area contributed by atoms with Gasteiger partial charge in [0, 0.05) is 16.0 Å². The van der Waals surface area contributed by atoms with Gasteiger partial charge >= 0.3 is 5.97 Å². The van der Waals surface area contributed by atoms with Gasteiger partial charge in [0.15, 0.2) is 11.5 Å². The van der Waals surface area contributed by atoms with Crippen LogP contribution in [0.4, 0.5) is 0 Å². The van der Waals surface area contributed by atoms with Crippen LogP contribution in [-0.2, 0) is 9.53 Å². The maximum absolute atomic E-state index is 12.2. The molecule has 0 unspecified atom stereocenters. The fraction of sp³-hybridized carbons (Fsp3) is 0.200. The number of nitriles is 1. The number of fused-ring (bicyclic) bond motifs is 1. The minimum Gasteiger partial charge on any atom is -0.466 e. The number of nitrogens with zero attached hydrogens (tertiary/aromatic N) is 1. The highest BCUT2D eigenvalue weighted by atomic mass is 79.9. The van der Waals surface area contributed by atoms with Crippen LogP contribution in [0.2, 0.25) is 0 Å². The quantitative estimate of drug-likeness (QED) is 0.539. The molecule has 1 aliphatic rings. The average Bonchev–Trinajstić information content (AvgIpc) is 3.12. The summed E-state index contributed by atoms with van der Waals surface area (Å²) in [5, 5.41) is 9.95. The molecule has 2 aromatic rings. The molecule has 5 nitrogen and oxygen atoms in total. The van der Waals surface area contributed by atoms with Crippen LogP contribution in [0.25, 0.3) is 0 Å². The molecule has 1 heterocycles. The lowest BCUT2D eigenvalue weighted by atomic mass is 9.78. The molecule has 0 aromatic heterocycles. The number of carbonyl (C=O) groups excluding carboxylic acids is 1. The predicted octanol–water partition coefficient (Wildman–Crippen LogP) is 4.30. The average molecular weight is 414 g/mol. The monoisotopic (exact) mass is 413 g/mol. The number of hydrogen-bond acceptors (Lipinski definition) is 5. The summed E-state index contributed by atoms with van der Waals surface area (Å²) in [6.07, 6.45) is 0. The molecule has 0 spiro atoms. The van der Waals surface area contributed by atoms with Crippen molar-refractivity contribution >= 4 is 21.9 Å². The normalized spacial score (nSPS) is 14.2. The molecular formula is C20H16BrNO4. The fourth-order valence-corrected chi connectivity index (χ4v) is 3.58. The van der Waals surface area contributed by atoms with E-state index in [1.807, 2.05) is 30.3 Å². The number of rotatable bonds is 5. The number of hydrogen-bond donors (Lipinski definition) is 0. The predicted molar refractivity (Wildman–Crippen MR) is 99.0 cm³/mol. The summed E-state index contributed by atoms with van der Waals surface area (Å²) in [5.41, 5.74) is 1.71. The third-order valence-electron chi connectivity index (χ3n) is 4.28. The van der Waals surface area contributed by atoms with Crippen LogP contribution in [-0.4, -0.2) is 19.9 Å². The number of methoxy groups -OCH3 is 1. The molecular weight excluding hydrogens is 398 g/mol. The lowest BCUT2D eigenvalue weighted by Gasteiger charge is -2.24. The number of carbonyl (C=O) groups is 1. The first-order chi connectivity index (χ1) is 12.6. The van der Waals surface area contributed by atoms with Crippen LogP contribution in [0.1, 0.15) is 23.0 Å². The Kier molecular flexibility index (Phi) is 5.29. The smallest absolute Gasteiger partial charge is 0.333 e. The van der Waals surface area contributed by atoms with Gasteiger partial charge in [0.05, 0.1) is 19.1 Å². The van der Waals surface area contributed by atoms with E-state index in [0.717, 1.165) is 5.56 Å². The summed E-state index contributed by atoms with van der Waals surface area (Å²) < 4.78 is 16.4. The minimum absolute atomic E-state index is 0.138. The van der Waals surface area contributed by atoms with E-state index >= 15 is 0 Å². The van der Waals surface area contributed by atoms with E-state index in [9.17, 15) is 10.1 Å². The van der Waals surface area contributed by atoms with E-state index in [-0.39, 0.29) is 12.4 Å². The molecule has 0 amide bonds. The molecule has 0 saturated carbocycles. The summed E-state index contributed by atoms with van der Waals surface area (Å²) in [7, 11) is 1.30. The molecule has 0 aliphatic carbocycles. The lowest BCUT2D eigenvalue weighted by molar-refractivity contribution is -0.136. The summed E-state index contributed by atoms with van der Waals surface area (Å²) in [6, 6.07) is 15.2. The molecule has 2 atom stereocenters. The van der Waals surface area contributed by atoms with Crippen LogP contribution >= 0.6 is 15.9 Å². The van der Waals surface area contributed by atoms with Gasteiger partial charge in [-0.2, -0.15) is 5.26 Å². The van der Waals surface area contributed by atoms with E-state index in [0.29, 0.717) is 21.5 Å². The zero-order valence-electron chi connectivity index (χ0n) is 14.1. The Morgan fingerprint density at radius 3 is 2.54 bits per heavy atom. The third kappa shape index (κ3) is 3.31. The first kappa shape index (κ1) is 18.0. The summed E-state index contributed by atoms with van der Waals surface area (Å²) in [4.78, 5) is 12.2. The van der Waals surface area contributed by atoms with Gasteiger partial charge in [0.2, 0.25) is 6.79 Å². The van der Waals surface area contributed by atoms with Crippen LogP contribution in [0.15, 0.2) is 59.1 Å². The van der Waals surface area contributed by atoms with Crippen molar-refractivity contribution in [3.8, 4) is 17.6 Å². The summed E-state index contributed by atoms with van der Waals surface area (Å²) in [6.45, 7) is 4.04. The maximum Gasteiger partial charge on any atom is 0.333 e. The van der Waals surface area contributed by atoms with Crippen LogP contribution in [0.3, 0.4) is 0 Å². The van der Waals surface area contributed by atoms with Gasteiger partial charge in [0.1, 0.15) is 0 Å². The van der Waals surface area contributed by atoms with Gasteiger partial charge in [-0.05, 0) is 23.3 Å². The highest BCUT2D eigenvalue weighted by molar-refractivity contribution is 9.10. The lowest BCUT2D eigenvalue weighted by Crippen LogP contribution is -2.19. The maximum atomic E-state index is 12.2. The SMILES string of the molecule is C=C(C(=O)OC)[C@@H](c1ccccc1)[C@@H](C#N)c1cc2c(cc1Br)OCO2. The van der Waals surface area contributed by atoms with E-state index in [4.69, 9.17) is 14.2 Å². The Morgan fingerprint density at radius 1 is 1.27 bits per heavy atom. The molecule has 3 rings (SSSR count). The van der Waals surface area contributed by atoms with Crippen molar-refractivity contribution in [2.75, 3.05) is 13.9 Å². The minimum atomic E-state index is -0.673. The Hall–Kier alpha value is -2.78. The molecule has 2 aromatic carbocycles. The topological polar surface area (TPSA) is 68.6 Å². The molecule has 0 N–H and O–H groups in total. The standard InChI is InChI=1S/C20H16BrNO4/c1-12(20(23)24-2)19(13-6-4-3-5-7-13)15(10-22)14-8-17-18(9-16(14)21)26-11-25-17/h3-9,15,19H,1,11H2,2H3/t15-,19-/m0/s1. The van der Waals surface area contributed by atoms with Crippen molar-refractivity contribution in [2.24, 2.45) is 0 Å². The Morgan fingerprint density at radius 2 is 1.92 bits per heavy atom. The third-order valence-corrected chi connectivity index (χ3v) is 4.97. The van der Waals surface area contributed by atoms with Crippen molar-refractivity contribution in [3.05, 3.63) is 70.2 Å². The second-order valence-corrected chi connectivity index (χ2v) is 6.59. The van der Waals surface area contributed by atoms with Gasteiger partial charge in [-0.1, -0.05) is 52.8 Å². The second kappa shape index (κ2) is 7.63. The van der Waals surface area contributed by atoms with Gasteiger partial charge in [-0.25, -0.2) is 4.79 Å².